The van der Waals surface area contributed by atoms with Crippen LogP contribution in [-0.2, 0) is 4.74 Å². The molecule has 0 atom stereocenters. The largest absolute Gasteiger partial charge is 0.476 e. The number of carbonyl (C=O) groups excluding carboxylic acids is 1. The van der Waals surface area contributed by atoms with Gasteiger partial charge in [0.15, 0.2) is 11.4 Å². The Morgan fingerprint density at radius 3 is 1.76 bits per heavy atom. The second-order valence-electron chi connectivity index (χ2n) is 3.25. The number of rotatable bonds is 2. The molecule has 0 unspecified atom stereocenters. The maximum absolute atomic E-state index is 10.8. The standard InChI is InChI=1S/C6H5ClN2O2.C5H3ClN2O2/c1-11-6(10)4-2-9-5(7)3-8-4;6-4-2-7-3(1-8-4)5(9)10/h2-3H,1H3;1-2H,(H,9,10). The molecule has 0 aliphatic carbocycles. The lowest BCUT2D eigenvalue weighted by atomic mass is 10.5. The van der Waals surface area contributed by atoms with Gasteiger partial charge in [-0.05, 0) is 0 Å². The molecule has 0 fully saturated rings. The van der Waals surface area contributed by atoms with E-state index in [1.807, 2.05) is 0 Å². The first-order chi connectivity index (χ1) is 9.93. The molecule has 0 radical (unpaired) electrons. The van der Waals surface area contributed by atoms with E-state index in [-0.39, 0.29) is 21.7 Å². The highest BCUT2D eigenvalue weighted by atomic mass is 35.5. The van der Waals surface area contributed by atoms with Crippen LogP contribution in [0.2, 0.25) is 10.3 Å². The van der Waals surface area contributed by atoms with E-state index in [1.54, 1.807) is 0 Å². The number of halogens is 2. The van der Waals surface area contributed by atoms with Gasteiger partial charge in [-0.1, -0.05) is 23.2 Å². The van der Waals surface area contributed by atoms with E-state index in [1.165, 1.54) is 25.7 Å². The number of carbonyl (C=O) groups is 2. The van der Waals surface area contributed by atoms with Crippen LogP contribution < -0.4 is 0 Å². The summed E-state index contributed by atoms with van der Waals surface area (Å²) in [6, 6.07) is 0. The summed E-state index contributed by atoms with van der Waals surface area (Å²) < 4.78 is 4.39. The Bertz CT molecular complexity index is 619. The Morgan fingerprint density at radius 2 is 1.43 bits per heavy atom. The molecule has 0 aliphatic rings. The number of hydrogen-bond acceptors (Lipinski definition) is 7. The fraction of sp³-hybridized carbons (Fsp3) is 0.0909. The third kappa shape index (κ3) is 5.67. The summed E-state index contributed by atoms with van der Waals surface area (Å²) in [4.78, 5) is 35.3. The van der Waals surface area contributed by atoms with Crippen LogP contribution in [0.4, 0.5) is 0 Å². The zero-order valence-electron chi connectivity index (χ0n) is 10.5. The minimum Gasteiger partial charge on any atom is -0.476 e. The number of aromatic carboxylic acids is 1. The van der Waals surface area contributed by atoms with Gasteiger partial charge in [-0.15, -0.1) is 0 Å². The first-order valence-corrected chi connectivity index (χ1v) is 5.96. The smallest absolute Gasteiger partial charge is 0.358 e. The van der Waals surface area contributed by atoms with Crippen LogP contribution in [0.1, 0.15) is 21.0 Å². The molecule has 8 nitrogen and oxygen atoms in total. The van der Waals surface area contributed by atoms with Crippen LogP contribution in [0, 0.1) is 0 Å². The van der Waals surface area contributed by atoms with E-state index in [2.05, 4.69) is 24.7 Å². The molecule has 0 aromatic carbocycles. The van der Waals surface area contributed by atoms with Crippen LogP contribution in [-0.4, -0.2) is 44.1 Å². The Hall–Kier alpha value is -2.32. The number of hydrogen-bond donors (Lipinski definition) is 1. The number of carboxylic acid groups (broad SMARTS) is 1. The molecular formula is C11H8Cl2N4O4. The average Bonchev–Trinajstić information content (AvgIpc) is 2.48. The first-order valence-electron chi connectivity index (χ1n) is 5.20. The molecule has 0 saturated carbocycles. The average molecular weight is 331 g/mol. The first kappa shape index (κ1) is 16.7. The van der Waals surface area contributed by atoms with E-state index in [0.29, 0.717) is 0 Å². The van der Waals surface area contributed by atoms with Crippen molar-refractivity contribution in [2.24, 2.45) is 0 Å². The number of ether oxygens (including phenoxy) is 1. The molecule has 2 rings (SSSR count). The topological polar surface area (TPSA) is 115 Å². The van der Waals surface area contributed by atoms with Gasteiger partial charge in [-0.2, -0.15) is 0 Å². The van der Waals surface area contributed by atoms with Crippen molar-refractivity contribution in [3.63, 3.8) is 0 Å². The van der Waals surface area contributed by atoms with Gasteiger partial charge in [0.25, 0.3) is 0 Å². The monoisotopic (exact) mass is 330 g/mol. The molecule has 2 aromatic rings. The minimum atomic E-state index is -1.11. The van der Waals surface area contributed by atoms with Crippen molar-refractivity contribution in [3.05, 3.63) is 46.5 Å². The molecule has 2 aromatic heterocycles. The molecule has 110 valence electrons. The normalized spacial score (nSPS) is 9.29. The third-order valence-electron chi connectivity index (χ3n) is 1.85. The second-order valence-corrected chi connectivity index (χ2v) is 4.02. The van der Waals surface area contributed by atoms with Crippen molar-refractivity contribution in [2.75, 3.05) is 7.11 Å². The highest BCUT2D eigenvalue weighted by Gasteiger charge is 2.05. The molecule has 0 aliphatic heterocycles. The fourth-order valence-corrected chi connectivity index (χ4v) is 1.14. The molecule has 0 spiro atoms. The van der Waals surface area contributed by atoms with E-state index in [0.717, 1.165) is 6.20 Å². The highest BCUT2D eigenvalue weighted by Crippen LogP contribution is 2.01. The molecule has 21 heavy (non-hydrogen) atoms. The van der Waals surface area contributed by atoms with Gasteiger partial charge in [0, 0.05) is 0 Å². The van der Waals surface area contributed by atoms with Crippen molar-refractivity contribution < 1.29 is 19.4 Å². The number of nitrogens with zero attached hydrogens (tertiary/aromatic N) is 4. The van der Waals surface area contributed by atoms with Gasteiger partial charge in [0.1, 0.15) is 10.3 Å². The van der Waals surface area contributed by atoms with Crippen molar-refractivity contribution >= 4 is 35.1 Å². The Labute approximate surface area is 128 Å². The maximum atomic E-state index is 10.8. The molecule has 10 heteroatoms. The predicted molar refractivity (Wildman–Crippen MR) is 72.4 cm³/mol. The van der Waals surface area contributed by atoms with E-state index < -0.39 is 11.9 Å². The fourth-order valence-electron chi connectivity index (χ4n) is 0.945. The van der Waals surface area contributed by atoms with Crippen molar-refractivity contribution in [1.82, 2.24) is 19.9 Å². The summed E-state index contributed by atoms with van der Waals surface area (Å²) in [5.74, 6) is -1.63. The third-order valence-corrected chi connectivity index (χ3v) is 2.24. The van der Waals surface area contributed by atoms with Gasteiger partial charge in [0.05, 0.1) is 31.9 Å². The molecule has 1 N–H and O–H groups in total. The summed E-state index contributed by atoms with van der Waals surface area (Å²) in [5, 5.41) is 8.76. The highest BCUT2D eigenvalue weighted by molar-refractivity contribution is 6.29. The Kier molecular flexibility index (Phi) is 6.44. The SMILES string of the molecule is COC(=O)c1cnc(Cl)cn1.O=C(O)c1cnc(Cl)cn1. The van der Waals surface area contributed by atoms with Crippen LogP contribution >= 0.6 is 23.2 Å². The summed E-state index contributed by atoms with van der Waals surface area (Å²) >= 11 is 10.8. The lowest BCUT2D eigenvalue weighted by Gasteiger charge is -1.95. The number of methoxy groups -OCH3 is 1. The van der Waals surface area contributed by atoms with Gasteiger partial charge in [0.2, 0.25) is 0 Å². The van der Waals surface area contributed by atoms with Gasteiger partial charge in [-0.25, -0.2) is 29.5 Å². The second kappa shape index (κ2) is 8.08. The maximum Gasteiger partial charge on any atom is 0.358 e. The zero-order chi connectivity index (χ0) is 15.8. The molecular weight excluding hydrogens is 323 g/mol. The number of aromatic nitrogens is 4. The van der Waals surface area contributed by atoms with Gasteiger partial charge >= 0.3 is 11.9 Å². The predicted octanol–water partition coefficient (Wildman–Crippen LogP) is 1.74. The number of carboxylic acids is 1. The van der Waals surface area contributed by atoms with E-state index in [4.69, 9.17) is 28.3 Å². The zero-order valence-corrected chi connectivity index (χ0v) is 12.0. The molecule has 0 bridgehead atoms. The van der Waals surface area contributed by atoms with Crippen LogP contribution in [0.15, 0.2) is 24.8 Å². The van der Waals surface area contributed by atoms with Crippen molar-refractivity contribution in [2.45, 2.75) is 0 Å². The summed E-state index contributed by atoms with van der Waals surface area (Å²) in [6.45, 7) is 0. The van der Waals surface area contributed by atoms with Crippen LogP contribution in [0.5, 0.6) is 0 Å². The van der Waals surface area contributed by atoms with Crippen LogP contribution in [0.3, 0.4) is 0 Å². The van der Waals surface area contributed by atoms with Crippen LogP contribution in [0.25, 0.3) is 0 Å². The minimum absolute atomic E-state index is 0.107. The lowest BCUT2D eigenvalue weighted by molar-refractivity contribution is 0.0592. The Morgan fingerprint density at radius 1 is 0.952 bits per heavy atom. The van der Waals surface area contributed by atoms with E-state index >= 15 is 0 Å². The van der Waals surface area contributed by atoms with E-state index in [9.17, 15) is 9.59 Å². The van der Waals surface area contributed by atoms with Crippen molar-refractivity contribution in [3.8, 4) is 0 Å². The molecule has 2 heterocycles. The quantitative estimate of drug-likeness (QED) is 0.828. The summed E-state index contributed by atoms with van der Waals surface area (Å²) in [6.07, 6.45) is 4.83. The van der Waals surface area contributed by atoms with Gasteiger partial charge in [-0.3, -0.25) is 0 Å². The summed E-state index contributed by atoms with van der Waals surface area (Å²) in [7, 11) is 1.28. The lowest BCUT2D eigenvalue weighted by Crippen LogP contribution is -2.04. The number of esters is 1. The molecule has 0 saturated heterocycles. The Balaban J connectivity index is 0.000000211. The summed E-state index contributed by atoms with van der Waals surface area (Å²) in [5.41, 5.74) is 0.0429. The molecule has 0 amide bonds. The van der Waals surface area contributed by atoms with Gasteiger partial charge < -0.3 is 9.84 Å². The van der Waals surface area contributed by atoms with Crippen molar-refractivity contribution in [1.29, 1.82) is 0 Å².